The van der Waals surface area contributed by atoms with E-state index in [2.05, 4.69) is 64.5 Å². The molecule has 39 heavy (non-hydrogen) atoms. The van der Waals surface area contributed by atoms with Gasteiger partial charge in [-0.25, -0.2) is 0 Å². The number of ether oxygens (including phenoxy) is 6. The molecule has 0 rings (SSSR count). The topological polar surface area (TPSA) is 107 Å². The predicted octanol–water partition coefficient (Wildman–Crippen LogP) is 4.84. The summed E-state index contributed by atoms with van der Waals surface area (Å²) in [5.41, 5.74) is -0.957. The molecule has 0 bridgehead atoms. The second-order valence-electron chi connectivity index (χ2n) is 8.54. The molecule has 0 amide bonds. The van der Waals surface area contributed by atoms with Gasteiger partial charge in [0.25, 0.3) is 0 Å². The van der Waals surface area contributed by atoms with E-state index in [9.17, 15) is 14.4 Å². The van der Waals surface area contributed by atoms with Gasteiger partial charge in [-0.2, -0.15) is 37.9 Å². The Bertz CT molecular complexity index is 630. The molecule has 0 aliphatic heterocycles. The van der Waals surface area contributed by atoms with Crippen LogP contribution in [0, 0.1) is 10.8 Å². The number of hydrogen-bond donors (Lipinski definition) is 3. The zero-order valence-electron chi connectivity index (χ0n) is 23.3. The molecule has 0 aliphatic carbocycles. The van der Waals surface area contributed by atoms with Crippen LogP contribution in [0.15, 0.2) is 38.5 Å². The first-order chi connectivity index (χ1) is 18.7. The van der Waals surface area contributed by atoms with Crippen molar-refractivity contribution < 1.29 is 42.8 Å². The molecule has 0 aromatic rings. The van der Waals surface area contributed by atoms with Crippen LogP contribution in [0.25, 0.3) is 0 Å². The zero-order valence-corrected chi connectivity index (χ0v) is 26.0. The third-order valence-electron chi connectivity index (χ3n) is 5.59. The van der Waals surface area contributed by atoms with Crippen molar-refractivity contribution in [2.75, 3.05) is 56.9 Å². The van der Waals surface area contributed by atoms with Crippen LogP contribution in [0.5, 0.6) is 0 Å². The van der Waals surface area contributed by atoms with Crippen LogP contribution in [0.4, 0.5) is 0 Å². The fourth-order valence-electron chi connectivity index (χ4n) is 2.76. The van der Waals surface area contributed by atoms with Gasteiger partial charge in [0.2, 0.25) is 0 Å². The fourth-order valence-corrected chi connectivity index (χ4v) is 3.31. The van der Waals surface area contributed by atoms with Crippen molar-refractivity contribution in [3.63, 3.8) is 0 Å². The summed E-state index contributed by atoms with van der Waals surface area (Å²) < 4.78 is 31.3. The van der Waals surface area contributed by atoms with Gasteiger partial charge in [-0.1, -0.05) is 33.6 Å². The molecule has 0 aliphatic rings. The van der Waals surface area contributed by atoms with Gasteiger partial charge < -0.3 is 28.4 Å². The Morgan fingerprint density at radius 1 is 0.564 bits per heavy atom. The van der Waals surface area contributed by atoms with Crippen LogP contribution in [-0.4, -0.2) is 74.8 Å². The quantitative estimate of drug-likeness (QED) is 0.0649. The molecule has 0 spiro atoms. The molecule has 226 valence electrons. The van der Waals surface area contributed by atoms with Gasteiger partial charge in [0, 0.05) is 17.3 Å². The molecule has 0 radical (unpaired) electrons. The van der Waals surface area contributed by atoms with Gasteiger partial charge >= 0.3 is 17.9 Å². The molecule has 0 fully saturated rings. The molecular formula is C27H46O9S3. The Labute approximate surface area is 250 Å². The lowest BCUT2D eigenvalue weighted by molar-refractivity contribution is -0.161. The number of esters is 3. The van der Waals surface area contributed by atoms with Gasteiger partial charge in [-0.3, -0.25) is 14.4 Å². The average molecular weight is 611 g/mol. The molecule has 0 saturated heterocycles. The van der Waals surface area contributed by atoms with E-state index in [4.69, 9.17) is 28.4 Å². The lowest BCUT2D eigenvalue weighted by atomic mass is 9.88. The summed E-state index contributed by atoms with van der Waals surface area (Å²) >= 11 is 11.9. The van der Waals surface area contributed by atoms with Gasteiger partial charge in [0.1, 0.15) is 19.8 Å². The molecular weight excluding hydrogens is 564 g/mol. The van der Waals surface area contributed by atoms with Crippen molar-refractivity contribution in [3.05, 3.63) is 38.5 Å². The number of carbonyl (C=O) groups is 3. The Kier molecular flexibility index (Phi) is 25.2. The average Bonchev–Trinajstić information content (AvgIpc) is 2.93. The van der Waals surface area contributed by atoms with Crippen molar-refractivity contribution in [1.29, 1.82) is 0 Å². The van der Waals surface area contributed by atoms with Crippen LogP contribution in [0.1, 0.15) is 46.0 Å². The maximum atomic E-state index is 11.6. The summed E-state index contributed by atoms with van der Waals surface area (Å²) in [4.78, 5) is 34.7. The number of thiol groups is 3. The van der Waals surface area contributed by atoms with Crippen molar-refractivity contribution >= 4 is 55.8 Å². The lowest BCUT2D eigenvalue weighted by Crippen LogP contribution is -2.39. The third kappa shape index (κ3) is 19.7. The fraction of sp³-hybridized carbons (Fsp3) is 0.667. The van der Waals surface area contributed by atoms with Crippen molar-refractivity contribution in [2.24, 2.45) is 10.8 Å². The first-order valence-corrected chi connectivity index (χ1v) is 14.5. The Morgan fingerprint density at radius 2 is 0.821 bits per heavy atom. The van der Waals surface area contributed by atoms with Crippen LogP contribution in [0.3, 0.4) is 0 Å². The summed E-state index contributed by atoms with van der Waals surface area (Å²) in [5, 5.41) is 0. The molecule has 0 heterocycles. The summed E-state index contributed by atoms with van der Waals surface area (Å²) in [6.45, 7) is 16.0. The molecule has 0 aromatic heterocycles. The van der Waals surface area contributed by atoms with Crippen LogP contribution in [0.2, 0.25) is 0 Å². The van der Waals surface area contributed by atoms with Gasteiger partial charge in [-0.15, -0.1) is 0 Å². The summed E-state index contributed by atoms with van der Waals surface area (Å²) in [7, 11) is 0. The maximum Gasteiger partial charge on any atom is 0.306 e. The third-order valence-corrected chi connectivity index (χ3v) is 6.26. The Hall–Kier alpha value is -1.92. The lowest BCUT2D eigenvalue weighted by Gasteiger charge is -2.31. The van der Waals surface area contributed by atoms with Gasteiger partial charge in [0.15, 0.2) is 0 Å². The minimum atomic E-state index is -0.773. The van der Waals surface area contributed by atoms with E-state index in [1.807, 2.05) is 6.92 Å². The molecule has 0 unspecified atom stereocenters. The molecule has 0 atom stereocenters. The molecule has 0 aromatic carbocycles. The molecule has 0 saturated carbocycles. The van der Waals surface area contributed by atoms with E-state index in [0.717, 1.165) is 6.42 Å². The van der Waals surface area contributed by atoms with Crippen molar-refractivity contribution in [3.8, 4) is 0 Å². The zero-order chi connectivity index (χ0) is 30.0. The highest BCUT2D eigenvalue weighted by Crippen LogP contribution is 2.25. The highest BCUT2D eigenvalue weighted by atomic mass is 32.1. The van der Waals surface area contributed by atoms with Crippen LogP contribution in [-0.2, 0) is 42.8 Å². The van der Waals surface area contributed by atoms with Crippen LogP contribution < -0.4 is 0 Å². The monoisotopic (exact) mass is 610 g/mol. The SMILES string of the molecule is C=COCC(CC)(COC=C)COC=C.CCC(COC(=O)CCS)(COC(=O)CCS)COC(=O)CCS. The van der Waals surface area contributed by atoms with E-state index < -0.39 is 23.3 Å². The van der Waals surface area contributed by atoms with Gasteiger partial charge in [-0.05, 0) is 12.8 Å². The Balaban J connectivity index is 0. The van der Waals surface area contributed by atoms with E-state index in [0.29, 0.717) is 43.5 Å². The van der Waals surface area contributed by atoms with Gasteiger partial charge in [0.05, 0.1) is 68.7 Å². The molecule has 9 nitrogen and oxygen atoms in total. The molecule has 12 heteroatoms. The van der Waals surface area contributed by atoms with E-state index >= 15 is 0 Å². The normalized spacial score (nSPS) is 10.7. The molecule has 0 N–H and O–H groups in total. The minimum Gasteiger partial charge on any atom is -0.501 e. The summed E-state index contributed by atoms with van der Waals surface area (Å²) in [6.07, 6.45) is 6.20. The second-order valence-corrected chi connectivity index (χ2v) is 9.88. The van der Waals surface area contributed by atoms with E-state index in [1.165, 1.54) is 18.8 Å². The summed E-state index contributed by atoms with van der Waals surface area (Å²) in [5.74, 6) is -0.0488. The van der Waals surface area contributed by atoms with E-state index in [1.54, 1.807) is 0 Å². The Morgan fingerprint density at radius 3 is 1.03 bits per heavy atom. The predicted molar refractivity (Wildman–Crippen MR) is 162 cm³/mol. The summed E-state index contributed by atoms with van der Waals surface area (Å²) in [6, 6.07) is 0. The first-order valence-electron chi connectivity index (χ1n) is 12.6. The standard InChI is InChI=1S/C15H26O6S3.C12H20O3/c1-2-15(9-19-12(16)3-6-22,10-20-13(17)4-7-23)11-21-14(18)5-8-24;1-5-12(9-13-6-2,10-14-7-3)11-15-8-4/h22-24H,2-11H2,1H3;6-8H,2-5,9-11H2,1H3. The number of hydrogen-bond acceptors (Lipinski definition) is 12. The van der Waals surface area contributed by atoms with Crippen molar-refractivity contribution in [2.45, 2.75) is 46.0 Å². The van der Waals surface area contributed by atoms with Crippen molar-refractivity contribution in [1.82, 2.24) is 0 Å². The number of rotatable bonds is 23. The largest absolute Gasteiger partial charge is 0.501 e. The first kappa shape index (κ1) is 39.2. The smallest absolute Gasteiger partial charge is 0.306 e. The van der Waals surface area contributed by atoms with Crippen LogP contribution >= 0.6 is 37.9 Å². The van der Waals surface area contributed by atoms with E-state index in [-0.39, 0.29) is 44.5 Å². The second kappa shape index (κ2) is 25.1. The number of carbonyl (C=O) groups excluding carboxylic acids is 3. The minimum absolute atomic E-state index is 0.00157. The maximum absolute atomic E-state index is 11.6. The highest BCUT2D eigenvalue weighted by Gasteiger charge is 2.34. The highest BCUT2D eigenvalue weighted by molar-refractivity contribution is 7.80.